The molecule has 0 aliphatic rings. The smallest absolute Gasteiger partial charge is 0.414 e. The highest BCUT2D eigenvalue weighted by Crippen LogP contribution is 1.99. The Labute approximate surface area is 97.5 Å². The lowest BCUT2D eigenvalue weighted by Crippen LogP contribution is -2.09. The average molecular weight is 243 g/mol. The van der Waals surface area contributed by atoms with Gasteiger partial charge in [-0.05, 0) is 30.6 Å². The molecule has 0 unspecified atom stereocenters. The van der Waals surface area contributed by atoms with Gasteiger partial charge in [0, 0.05) is 11.9 Å². The molecule has 1 aromatic heterocycles. The molecular formula is C10H13NO4S. The van der Waals surface area contributed by atoms with Crippen LogP contribution in [0.2, 0.25) is 0 Å². The largest absolute Gasteiger partial charge is 0.473 e. The fourth-order valence-electron chi connectivity index (χ4n) is 0.753. The second kappa shape index (κ2) is 8.72. The lowest BCUT2D eigenvalue weighted by molar-refractivity contribution is -0.159. The first-order valence-electron chi connectivity index (χ1n) is 4.43. The van der Waals surface area contributed by atoms with E-state index >= 15 is 0 Å². The molecule has 5 nitrogen and oxygen atoms in total. The van der Waals surface area contributed by atoms with E-state index in [1.165, 1.54) is 5.69 Å². The third-order valence-electron chi connectivity index (χ3n) is 1.47. The van der Waals surface area contributed by atoms with Crippen molar-refractivity contribution >= 4 is 23.7 Å². The van der Waals surface area contributed by atoms with Gasteiger partial charge in [0.15, 0.2) is 0 Å². The first-order valence-corrected chi connectivity index (χ1v) is 5.82. The molecule has 0 saturated heterocycles. The van der Waals surface area contributed by atoms with Gasteiger partial charge in [-0.1, -0.05) is 6.07 Å². The maximum atomic E-state index is 9.10. The first-order chi connectivity index (χ1) is 7.57. The van der Waals surface area contributed by atoms with E-state index in [1.807, 2.05) is 30.1 Å². The molecule has 6 heteroatoms. The predicted molar refractivity (Wildman–Crippen MR) is 61.6 cm³/mol. The molecule has 0 fully saturated rings. The summed E-state index contributed by atoms with van der Waals surface area (Å²) in [5.41, 5.74) is 1.19. The maximum Gasteiger partial charge on any atom is 0.414 e. The average Bonchev–Trinajstić information content (AvgIpc) is 2.28. The highest BCUT2D eigenvalue weighted by atomic mass is 32.2. The van der Waals surface area contributed by atoms with Crippen molar-refractivity contribution in [2.45, 2.75) is 6.42 Å². The molecule has 88 valence electrons. The third kappa shape index (κ3) is 7.81. The van der Waals surface area contributed by atoms with E-state index in [4.69, 9.17) is 19.8 Å². The summed E-state index contributed by atoms with van der Waals surface area (Å²) in [6.45, 7) is 0. The molecule has 0 saturated carbocycles. The van der Waals surface area contributed by atoms with Gasteiger partial charge in [0.2, 0.25) is 0 Å². The van der Waals surface area contributed by atoms with Crippen LogP contribution in [0.5, 0.6) is 0 Å². The molecule has 0 radical (unpaired) electrons. The van der Waals surface area contributed by atoms with Crippen molar-refractivity contribution in [1.29, 1.82) is 0 Å². The van der Waals surface area contributed by atoms with E-state index in [-0.39, 0.29) is 0 Å². The number of thioether (sulfide) groups is 1. The van der Waals surface area contributed by atoms with Crippen molar-refractivity contribution in [3.63, 3.8) is 0 Å². The Bertz CT molecular complexity index is 317. The van der Waals surface area contributed by atoms with E-state index in [0.717, 1.165) is 12.2 Å². The Morgan fingerprint density at radius 2 is 1.94 bits per heavy atom. The van der Waals surface area contributed by atoms with Crippen molar-refractivity contribution in [3.8, 4) is 0 Å². The van der Waals surface area contributed by atoms with Crippen LogP contribution in [0.3, 0.4) is 0 Å². The summed E-state index contributed by atoms with van der Waals surface area (Å²) >= 11 is 1.86. The minimum absolute atomic E-state index is 1.09. The molecule has 0 amide bonds. The summed E-state index contributed by atoms with van der Waals surface area (Å²) < 4.78 is 0. The van der Waals surface area contributed by atoms with Gasteiger partial charge in [0.25, 0.3) is 0 Å². The Hall–Kier alpha value is -1.56. The van der Waals surface area contributed by atoms with Crippen LogP contribution in [0.4, 0.5) is 0 Å². The number of hydrogen-bond donors (Lipinski definition) is 2. The summed E-state index contributed by atoms with van der Waals surface area (Å²) in [5, 5.41) is 14.8. The Kier molecular flexibility index (Phi) is 7.87. The zero-order chi connectivity index (χ0) is 12.4. The first kappa shape index (κ1) is 14.4. The van der Waals surface area contributed by atoms with Crippen LogP contribution in [0.15, 0.2) is 24.4 Å². The van der Waals surface area contributed by atoms with Crippen LogP contribution in [0.1, 0.15) is 5.69 Å². The number of hydrogen-bond acceptors (Lipinski definition) is 4. The van der Waals surface area contributed by atoms with Crippen LogP contribution in [0, 0.1) is 0 Å². The van der Waals surface area contributed by atoms with E-state index in [9.17, 15) is 0 Å². The van der Waals surface area contributed by atoms with Crippen LogP contribution in [0.25, 0.3) is 0 Å². The van der Waals surface area contributed by atoms with Gasteiger partial charge in [-0.3, -0.25) is 4.98 Å². The Balaban J connectivity index is 0.000000325. The van der Waals surface area contributed by atoms with E-state index in [2.05, 4.69) is 17.3 Å². The van der Waals surface area contributed by atoms with Gasteiger partial charge in [-0.15, -0.1) is 0 Å². The van der Waals surface area contributed by atoms with Crippen LogP contribution < -0.4 is 0 Å². The number of aromatic nitrogens is 1. The second-order valence-corrected chi connectivity index (χ2v) is 3.66. The van der Waals surface area contributed by atoms with Crippen molar-refractivity contribution in [2.24, 2.45) is 0 Å². The van der Waals surface area contributed by atoms with Gasteiger partial charge in [0.1, 0.15) is 0 Å². The molecular weight excluding hydrogens is 230 g/mol. The zero-order valence-corrected chi connectivity index (χ0v) is 9.61. The molecule has 0 aliphatic carbocycles. The topological polar surface area (TPSA) is 87.5 Å². The molecule has 0 spiro atoms. The third-order valence-corrected chi connectivity index (χ3v) is 2.08. The highest BCUT2D eigenvalue weighted by Gasteiger charge is 2.04. The van der Waals surface area contributed by atoms with Crippen molar-refractivity contribution in [2.75, 3.05) is 12.0 Å². The van der Waals surface area contributed by atoms with Crippen molar-refractivity contribution in [1.82, 2.24) is 4.98 Å². The number of aryl methyl sites for hydroxylation is 1. The molecule has 16 heavy (non-hydrogen) atoms. The number of carboxylic acids is 2. The van der Waals surface area contributed by atoms with Crippen molar-refractivity contribution in [3.05, 3.63) is 30.1 Å². The van der Waals surface area contributed by atoms with Crippen molar-refractivity contribution < 1.29 is 19.8 Å². The van der Waals surface area contributed by atoms with Gasteiger partial charge >= 0.3 is 11.9 Å². The summed E-state index contributed by atoms with van der Waals surface area (Å²) in [7, 11) is 0. The summed E-state index contributed by atoms with van der Waals surface area (Å²) in [6.07, 6.45) is 5.04. The van der Waals surface area contributed by atoms with Gasteiger partial charge in [-0.25, -0.2) is 9.59 Å². The van der Waals surface area contributed by atoms with E-state index in [0.29, 0.717) is 0 Å². The normalized spacial score (nSPS) is 8.81. The summed E-state index contributed by atoms with van der Waals surface area (Å²) in [6, 6.07) is 6.04. The number of aliphatic carboxylic acids is 2. The summed E-state index contributed by atoms with van der Waals surface area (Å²) in [5.74, 6) is -2.48. The maximum absolute atomic E-state index is 9.10. The summed E-state index contributed by atoms with van der Waals surface area (Å²) in [4.78, 5) is 22.4. The molecule has 0 aliphatic heterocycles. The number of rotatable bonds is 3. The quantitative estimate of drug-likeness (QED) is 0.774. The van der Waals surface area contributed by atoms with Crippen LogP contribution in [-0.4, -0.2) is 39.1 Å². The fraction of sp³-hybridized carbons (Fsp3) is 0.300. The van der Waals surface area contributed by atoms with E-state index < -0.39 is 11.9 Å². The lowest BCUT2D eigenvalue weighted by atomic mass is 10.3. The zero-order valence-electron chi connectivity index (χ0n) is 8.79. The number of carboxylic acid groups (broad SMARTS) is 2. The van der Waals surface area contributed by atoms with Gasteiger partial charge in [-0.2, -0.15) is 11.8 Å². The van der Waals surface area contributed by atoms with E-state index in [1.54, 1.807) is 0 Å². The van der Waals surface area contributed by atoms with Crippen LogP contribution in [-0.2, 0) is 16.0 Å². The standard InChI is InChI=1S/C8H11NS.C2H2O4/c1-10-7-5-8-4-2-3-6-9-8;3-1(4)2(5)6/h2-4,6H,5,7H2,1H3;(H,3,4)(H,5,6). The molecule has 1 rings (SSSR count). The number of carbonyl (C=O) groups is 2. The van der Waals surface area contributed by atoms with Crippen LogP contribution >= 0.6 is 11.8 Å². The number of pyridine rings is 1. The molecule has 0 atom stereocenters. The highest BCUT2D eigenvalue weighted by molar-refractivity contribution is 7.98. The predicted octanol–water partition coefficient (Wildman–Crippen LogP) is 1.14. The number of nitrogens with zero attached hydrogens (tertiary/aromatic N) is 1. The second-order valence-electron chi connectivity index (χ2n) is 2.67. The van der Waals surface area contributed by atoms with Gasteiger partial charge < -0.3 is 10.2 Å². The molecule has 2 N–H and O–H groups in total. The van der Waals surface area contributed by atoms with Gasteiger partial charge in [0.05, 0.1) is 0 Å². The SMILES string of the molecule is CSCCc1ccccn1.O=C(O)C(=O)O. The lowest BCUT2D eigenvalue weighted by Gasteiger charge is -1.95. The minimum Gasteiger partial charge on any atom is -0.473 e. The molecule has 0 aromatic carbocycles. The monoisotopic (exact) mass is 243 g/mol. The fourth-order valence-corrected chi connectivity index (χ4v) is 1.17. The Morgan fingerprint density at radius 3 is 2.31 bits per heavy atom. The Morgan fingerprint density at radius 1 is 1.31 bits per heavy atom. The molecule has 1 aromatic rings. The minimum atomic E-state index is -1.82. The molecule has 0 bridgehead atoms. The molecule has 1 heterocycles.